The quantitative estimate of drug-likeness (QED) is 0.486. The minimum Gasteiger partial charge on any atom is -0.481 e. The molecule has 3 rings (SSSR count). The third-order valence-electron chi connectivity index (χ3n) is 4.14. The number of aliphatic carboxylic acids is 1. The predicted octanol–water partition coefficient (Wildman–Crippen LogP) is 5.61. The van der Waals surface area contributed by atoms with Gasteiger partial charge in [-0.25, -0.2) is 4.98 Å². The second kappa shape index (κ2) is 8.99. The van der Waals surface area contributed by atoms with Crippen LogP contribution in [0.15, 0.2) is 52.9 Å². The molecule has 1 atom stereocenters. The van der Waals surface area contributed by atoms with Crippen molar-refractivity contribution < 1.29 is 32.3 Å². The number of carbonyl (C=O) groups excluding carboxylic acids is 1. The third kappa shape index (κ3) is 5.36. The van der Waals surface area contributed by atoms with Crippen LogP contribution in [-0.4, -0.2) is 22.0 Å². The van der Waals surface area contributed by atoms with E-state index in [1.54, 1.807) is 18.2 Å². The number of alkyl halides is 3. The van der Waals surface area contributed by atoms with Gasteiger partial charge in [-0.2, -0.15) is 13.2 Å². The van der Waals surface area contributed by atoms with Gasteiger partial charge in [-0.05, 0) is 29.8 Å². The first kappa shape index (κ1) is 22.6. The van der Waals surface area contributed by atoms with E-state index in [1.807, 2.05) is 0 Å². The lowest BCUT2D eigenvalue weighted by molar-refractivity contribution is -0.153. The summed E-state index contributed by atoms with van der Waals surface area (Å²) in [5, 5.41) is 11.7. The van der Waals surface area contributed by atoms with Crippen molar-refractivity contribution in [2.75, 3.05) is 0 Å². The third-order valence-corrected chi connectivity index (χ3v) is 4.70. The molecule has 0 radical (unpaired) electrons. The number of amides is 1. The molecule has 0 aliphatic rings. The van der Waals surface area contributed by atoms with Crippen LogP contribution in [0.3, 0.4) is 0 Å². The summed E-state index contributed by atoms with van der Waals surface area (Å²) in [6, 6.07) is 10.6. The number of rotatable bonds is 6. The summed E-state index contributed by atoms with van der Waals surface area (Å²) in [4.78, 5) is 27.7. The van der Waals surface area contributed by atoms with Gasteiger partial charge >= 0.3 is 12.1 Å². The van der Waals surface area contributed by atoms with Gasteiger partial charge in [0.15, 0.2) is 5.69 Å². The Hall–Kier alpha value is -3.04. The van der Waals surface area contributed by atoms with Crippen molar-refractivity contribution in [2.24, 2.45) is 0 Å². The number of aromatic nitrogens is 1. The van der Waals surface area contributed by atoms with E-state index in [0.29, 0.717) is 0 Å². The second-order valence-electron chi connectivity index (χ2n) is 6.35. The van der Waals surface area contributed by atoms with Gasteiger partial charge in [0.25, 0.3) is 5.91 Å². The molecule has 0 aliphatic carbocycles. The van der Waals surface area contributed by atoms with Crippen LogP contribution >= 0.6 is 23.2 Å². The number of oxazole rings is 1. The van der Waals surface area contributed by atoms with Crippen molar-refractivity contribution in [1.82, 2.24) is 10.3 Å². The Labute approximate surface area is 183 Å². The van der Waals surface area contributed by atoms with Crippen LogP contribution in [0.4, 0.5) is 13.2 Å². The predicted molar refractivity (Wildman–Crippen MR) is 106 cm³/mol. The van der Waals surface area contributed by atoms with Gasteiger partial charge in [-0.15, -0.1) is 0 Å². The van der Waals surface area contributed by atoms with E-state index < -0.39 is 47.9 Å². The minimum absolute atomic E-state index is 0.0419. The number of halogens is 5. The van der Waals surface area contributed by atoms with Crippen LogP contribution in [0.2, 0.25) is 10.0 Å². The number of nitrogens with zero attached hydrogens (tertiary/aromatic N) is 1. The van der Waals surface area contributed by atoms with Crippen molar-refractivity contribution in [1.29, 1.82) is 0 Å². The molecule has 0 fully saturated rings. The average molecular weight is 473 g/mol. The summed E-state index contributed by atoms with van der Waals surface area (Å²) in [6.07, 6.45) is -5.65. The molecule has 6 nitrogen and oxygen atoms in total. The van der Waals surface area contributed by atoms with E-state index in [1.165, 1.54) is 30.3 Å². The molecular weight excluding hydrogens is 460 g/mol. The fourth-order valence-corrected chi connectivity index (χ4v) is 3.33. The highest BCUT2D eigenvalue weighted by molar-refractivity contribution is 6.35. The Kier molecular flexibility index (Phi) is 6.56. The van der Waals surface area contributed by atoms with Crippen molar-refractivity contribution in [3.63, 3.8) is 0 Å². The zero-order valence-corrected chi connectivity index (χ0v) is 16.9. The molecule has 0 saturated heterocycles. The average Bonchev–Trinajstić information content (AvgIpc) is 3.14. The fraction of sp³-hybridized carbons (Fsp3) is 0.150. The van der Waals surface area contributed by atoms with Gasteiger partial charge in [0, 0.05) is 15.6 Å². The maximum Gasteiger partial charge on any atom is 0.452 e. The van der Waals surface area contributed by atoms with Gasteiger partial charge in [0.05, 0.1) is 12.5 Å². The first-order valence-corrected chi connectivity index (χ1v) is 9.43. The highest BCUT2D eigenvalue weighted by atomic mass is 35.5. The van der Waals surface area contributed by atoms with Crippen molar-refractivity contribution >= 4 is 35.1 Å². The van der Waals surface area contributed by atoms with Crippen LogP contribution in [0.1, 0.15) is 34.3 Å². The lowest BCUT2D eigenvalue weighted by Crippen LogP contribution is -2.32. The number of nitrogens with one attached hydrogen (secondary N) is 1. The molecule has 0 saturated carbocycles. The van der Waals surface area contributed by atoms with Gasteiger partial charge in [-0.3, -0.25) is 9.59 Å². The van der Waals surface area contributed by atoms with E-state index in [4.69, 9.17) is 27.6 Å². The summed E-state index contributed by atoms with van der Waals surface area (Å²) in [5.41, 5.74) is -0.621. The van der Waals surface area contributed by atoms with Crippen molar-refractivity contribution in [3.8, 4) is 11.5 Å². The number of hydrogen-bond acceptors (Lipinski definition) is 4. The Balaban J connectivity index is 1.99. The molecule has 162 valence electrons. The molecule has 0 aliphatic heterocycles. The smallest absolute Gasteiger partial charge is 0.452 e. The number of carboxylic acids is 1. The zero-order valence-electron chi connectivity index (χ0n) is 15.4. The molecular formula is C20H13Cl2F3N2O4. The Morgan fingerprint density at radius 3 is 2.39 bits per heavy atom. The molecule has 1 amide bonds. The number of hydrogen-bond donors (Lipinski definition) is 2. The van der Waals surface area contributed by atoms with Crippen molar-refractivity contribution in [3.05, 3.63) is 75.6 Å². The van der Waals surface area contributed by atoms with E-state index >= 15 is 0 Å². The lowest BCUT2D eigenvalue weighted by Gasteiger charge is -2.18. The Morgan fingerprint density at radius 2 is 1.81 bits per heavy atom. The van der Waals surface area contributed by atoms with Gasteiger partial charge < -0.3 is 14.8 Å². The molecule has 3 aromatic rings. The molecule has 0 spiro atoms. The second-order valence-corrected chi connectivity index (χ2v) is 7.19. The first-order chi connectivity index (χ1) is 14.6. The number of benzene rings is 2. The van der Waals surface area contributed by atoms with E-state index in [0.717, 1.165) is 0 Å². The number of carboxylic acid groups (broad SMARTS) is 1. The van der Waals surface area contributed by atoms with E-state index in [2.05, 4.69) is 10.3 Å². The topological polar surface area (TPSA) is 92.4 Å². The van der Waals surface area contributed by atoms with Crippen LogP contribution in [-0.2, 0) is 11.0 Å². The van der Waals surface area contributed by atoms with Crippen LogP contribution in [0.25, 0.3) is 11.5 Å². The van der Waals surface area contributed by atoms with E-state index in [9.17, 15) is 27.9 Å². The summed E-state index contributed by atoms with van der Waals surface area (Å²) in [7, 11) is 0. The molecule has 31 heavy (non-hydrogen) atoms. The Bertz CT molecular complexity index is 1120. The monoisotopic (exact) mass is 472 g/mol. The largest absolute Gasteiger partial charge is 0.481 e. The Morgan fingerprint density at radius 1 is 1.13 bits per heavy atom. The van der Waals surface area contributed by atoms with Crippen LogP contribution in [0.5, 0.6) is 0 Å². The highest BCUT2D eigenvalue weighted by Gasteiger charge is 2.42. The summed E-state index contributed by atoms with van der Waals surface area (Å²) >= 11 is 11.9. The highest BCUT2D eigenvalue weighted by Crippen LogP contribution is 2.36. The van der Waals surface area contributed by atoms with Crippen molar-refractivity contribution in [2.45, 2.75) is 18.6 Å². The maximum absolute atomic E-state index is 13.5. The molecule has 1 unspecified atom stereocenters. The van der Waals surface area contributed by atoms with Gasteiger partial charge in [0.2, 0.25) is 11.7 Å². The summed E-state index contributed by atoms with van der Waals surface area (Å²) in [6.45, 7) is 0. The molecule has 1 heterocycles. The van der Waals surface area contributed by atoms with Gasteiger partial charge in [-0.1, -0.05) is 47.5 Å². The molecule has 0 bridgehead atoms. The minimum atomic E-state index is -5.01. The normalized spacial score (nSPS) is 12.4. The summed E-state index contributed by atoms with van der Waals surface area (Å²) < 4.78 is 45.3. The first-order valence-electron chi connectivity index (χ1n) is 8.67. The van der Waals surface area contributed by atoms with Crippen LogP contribution in [0, 0.1) is 0 Å². The standard InChI is InChI=1S/C20H13Cl2F3N2O4/c21-11-6-7-12(13(22)8-11)14(9-15(28)29)26-18(30)16-17(20(23,24)25)31-19(27-16)10-4-2-1-3-5-10/h1-8,14H,9H2,(H,26,30)(H,28,29). The SMILES string of the molecule is O=C(O)CC(NC(=O)c1nc(-c2ccccc2)oc1C(F)(F)F)c1ccc(Cl)cc1Cl. The van der Waals surface area contributed by atoms with Crippen LogP contribution < -0.4 is 5.32 Å². The number of carbonyl (C=O) groups is 2. The fourth-order valence-electron chi connectivity index (χ4n) is 2.79. The zero-order chi connectivity index (χ0) is 22.8. The molecule has 2 aromatic carbocycles. The molecule has 11 heteroatoms. The molecule has 2 N–H and O–H groups in total. The molecule has 1 aromatic heterocycles. The summed E-state index contributed by atoms with van der Waals surface area (Å²) in [5.74, 6) is -4.58. The van der Waals surface area contributed by atoms with Gasteiger partial charge in [0.1, 0.15) is 0 Å². The maximum atomic E-state index is 13.5. The lowest BCUT2D eigenvalue weighted by atomic mass is 10.0. The van der Waals surface area contributed by atoms with E-state index in [-0.39, 0.29) is 21.2 Å².